The first-order chi connectivity index (χ1) is 15.5. The van der Waals surface area contributed by atoms with Crippen molar-refractivity contribution in [3.05, 3.63) is 72.0 Å². The van der Waals surface area contributed by atoms with Crippen molar-refractivity contribution in [2.75, 3.05) is 18.5 Å². The molecule has 0 saturated carbocycles. The summed E-state index contributed by atoms with van der Waals surface area (Å²) in [5.41, 5.74) is 2.11. The van der Waals surface area contributed by atoms with Gasteiger partial charge in [0, 0.05) is 29.8 Å². The van der Waals surface area contributed by atoms with Crippen LogP contribution in [0.5, 0.6) is 5.88 Å². The van der Waals surface area contributed by atoms with Crippen LogP contribution in [0.15, 0.2) is 60.7 Å². The largest absolute Gasteiger partial charge is 0.475 e. The Labute approximate surface area is 182 Å². The standard InChI is InChI=1S/C22H19FN6O3/c1-14(30)25-18-7-5-15(6-8-18)22(31)24-11-12-32-20-10-9-19-26-27-21(29(19)28-20)16-3-2-4-17(23)13-16/h2-10,13H,11-12H2,1H3,(H,24,31)(H,25,30). The van der Waals surface area contributed by atoms with Crippen molar-refractivity contribution in [1.29, 1.82) is 0 Å². The third-order valence-corrected chi connectivity index (χ3v) is 4.43. The Balaban J connectivity index is 1.35. The minimum Gasteiger partial charge on any atom is -0.475 e. The molecule has 0 aliphatic carbocycles. The summed E-state index contributed by atoms with van der Waals surface area (Å²) in [4.78, 5) is 23.3. The average molecular weight is 434 g/mol. The smallest absolute Gasteiger partial charge is 0.251 e. The number of ether oxygens (including phenoxy) is 1. The van der Waals surface area contributed by atoms with E-state index in [1.807, 2.05) is 0 Å². The molecule has 9 nitrogen and oxygen atoms in total. The number of carbonyl (C=O) groups excluding carboxylic acids is 2. The van der Waals surface area contributed by atoms with Gasteiger partial charge in [-0.2, -0.15) is 4.52 Å². The molecule has 0 unspecified atom stereocenters. The van der Waals surface area contributed by atoms with Crippen LogP contribution in [0, 0.1) is 5.82 Å². The first-order valence-electron chi connectivity index (χ1n) is 9.77. The van der Waals surface area contributed by atoms with Crippen molar-refractivity contribution in [2.45, 2.75) is 6.92 Å². The van der Waals surface area contributed by atoms with E-state index in [2.05, 4.69) is 25.9 Å². The maximum atomic E-state index is 13.5. The Morgan fingerprint density at radius 2 is 1.88 bits per heavy atom. The van der Waals surface area contributed by atoms with Crippen molar-refractivity contribution in [1.82, 2.24) is 25.1 Å². The number of carbonyl (C=O) groups is 2. The van der Waals surface area contributed by atoms with Crippen LogP contribution in [-0.4, -0.2) is 44.8 Å². The molecule has 0 aliphatic rings. The van der Waals surface area contributed by atoms with Crippen LogP contribution < -0.4 is 15.4 Å². The Kier molecular flexibility index (Phi) is 6.02. The lowest BCUT2D eigenvalue weighted by molar-refractivity contribution is -0.114. The topological polar surface area (TPSA) is 111 Å². The number of amides is 2. The molecule has 0 atom stereocenters. The second kappa shape index (κ2) is 9.21. The fourth-order valence-corrected chi connectivity index (χ4v) is 2.99. The summed E-state index contributed by atoms with van der Waals surface area (Å²) in [6.07, 6.45) is 0. The van der Waals surface area contributed by atoms with Gasteiger partial charge in [0.05, 0.1) is 6.54 Å². The van der Waals surface area contributed by atoms with Crippen LogP contribution in [0.4, 0.5) is 10.1 Å². The van der Waals surface area contributed by atoms with Crippen LogP contribution in [0.1, 0.15) is 17.3 Å². The quantitative estimate of drug-likeness (QED) is 0.433. The highest BCUT2D eigenvalue weighted by atomic mass is 19.1. The van der Waals surface area contributed by atoms with Gasteiger partial charge >= 0.3 is 0 Å². The lowest BCUT2D eigenvalue weighted by atomic mass is 10.2. The zero-order chi connectivity index (χ0) is 22.5. The minimum absolute atomic E-state index is 0.180. The van der Waals surface area contributed by atoms with Crippen LogP contribution in [0.2, 0.25) is 0 Å². The zero-order valence-electron chi connectivity index (χ0n) is 17.1. The molecule has 2 amide bonds. The van der Waals surface area contributed by atoms with Crippen LogP contribution >= 0.6 is 0 Å². The predicted octanol–water partition coefficient (Wildman–Crippen LogP) is 2.70. The number of hydrogen-bond donors (Lipinski definition) is 2. The van der Waals surface area contributed by atoms with Gasteiger partial charge in [0.25, 0.3) is 5.91 Å². The highest BCUT2D eigenvalue weighted by Crippen LogP contribution is 2.19. The molecule has 0 aliphatic heterocycles. The fraction of sp³-hybridized carbons (Fsp3) is 0.136. The van der Waals surface area contributed by atoms with E-state index in [9.17, 15) is 14.0 Å². The average Bonchev–Trinajstić information content (AvgIpc) is 3.20. The van der Waals surface area contributed by atoms with Crippen LogP contribution in [0.25, 0.3) is 17.0 Å². The number of fused-ring (bicyclic) bond motifs is 1. The second-order valence-corrected chi connectivity index (χ2v) is 6.84. The number of nitrogens with zero attached hydrogens (tertiary/aromatic N) is 4. The molecule has 2 heterocycles. The van der Waals surface area contributed by atoms with Gasteiger partial charge in [0.2, 0.25) is 11.8 Å². The van der Waals surface area contributed by atoms with Gasteiger partial charge in [0.15, 0.2) is 11.5 Å². The summed E-state index contributed by atoms with van der Waals surface area (Å²) in [7, 11) is 0. The van der Waals surface area contributed by atoms with Gasteiger partial charge in [-0.1, -0.05) is 12.1 Å². The van der Waals surface area contributed by atoms with E-state index >= 15 is 0 Å². The molecule has 4 aromatic rings. The zero-order valence-corrected chi connectivity index (χ0v) is 17.1. The Hall–Kier alpha value is -4.34. The SMILES string of the molecule is CC(=O)Nc1ccc(C(=O)NCCOc2ccc3nnc(-c4cccc(F)c4)n3n2)cc1. The molecular weight excluding hydrogens is 415 g/mol. The monoisotopic (exact) mass is 434 g/mol. The molecule has 0 fully saturated rings. The third-order valence-electron chi connectivity index (χ3n) is 4.43. The highest BCUT2D eigenvalue weighted by Gasteiger charge is 2.11. The number of rotatable bonds is 7. The third kappa shape index (κ3) is 4.86. The van der Waals surface area contributed by atoms with E-state index in [4.69, 9.17) is 4.74 Å². The van der Waals surface area contributed by atoms with Crippen molar-refractivity contribution >= 4 is 23.1 Å². The molecule has 162 valence electrons. The molecule has 2 N–H and O–H groups in total. The number of anilines is 1. The lowest BCUT2D eigenvalue weighted by Crippen LogP contribution is -2.28. The van der Waals surface area contributed by atoms with Crippen LogP contribution in [0.3, 0.4) is 0 Å². The molecule has 0 spiro atoms. The maximum Gasteiger partial charge on any atom is 0.251 e. The van der Waals surface area contributed by atoms with Gasteiger partial charge in [-0.25, -0.2) is 4.39 Å². The number of halogens is 1. The Morgan fingerprint density at radius 3 is 2.62 bits per heavy atom. The summed E-state index contributed by atoms with van der Waals surface area (Å²) in [6, 6.07) is 15.9. The molecule has 0 bridgehead atoms. The highest BCUT2D eigenvalue weighted by molar-refractivity contribution is 5.95. The molecule has 2 aromatic heterocycles. The van der Waals surface area contributed by atoms with E-state index in [0.29, 0.717) is 34.2 Å². The number of aromatic nitrogens is 4. The maximum absolute atomic E-state index is 13.5. The Morgan fingerprint density at radius 1 is 1.06 bits per heavy atom. The van der Waals surface area contributed by atoms with E-state index in [1.165, 1.54) is 23.6 Å². The lowest BCUT2D eigenvalue weighted by Gasteiger charge is -2.08. The van der Waals surface area contributed by atoms with Gasteiger partial charge in [-0.05, 0) is 42.5 Å². The summed E-state index contributed by atoms with van der Waals surface area (Å²) in [5.74, 6) is -0.128. The minimum atomic E-state index is -0.382. The molecule has 0 radical (unpaired) electrons. The normalized spacial score (nSPS) is 10.7. The van der Waals surface area contributed by atoms with Crippen molar-refractivity contribution in [3.63, 3.8) is 0 Å². The summed E-state index contributed by atoms with van der Waals surface area (Å²) in [6.45, 7) is 1.86. The first-order valence-corrected chi connectivity index (χ1v) is 9.77. The number of nitrogens with one attached hydrogen (secondary N) is 2. The van der Waals surface area contributed by atoms with Gasteiger partial charge in [-0.15, -0.1) is 15.3 Å². The van der Waals surface area contributed by atoms with E-state index < -0.39 is 0 Å². The Bertz CT molecular complexity index is 1270. The van der Waals surface area contributed by atoms with Crippen molar-refractivity contribution in [3.8, 4) is 17.3 Å². The van der Waals surface area contributed by atoms with Crippen LogP contribution in [-0.2, 0) is 4.79 Å². The molecule has 2 aromatic carbocycles. The van der Waals surface area contributed by atoms with Gasteiger partial charge < -0.3 is 15.4 Å². The van der Waals surface area contributed by atoms with E-state index in [1.54, 1.807) is 48.5 Å². The van der Waals surface area contributed by atoms with Gasteiger partial charge in [-0.3, -0.25) is 9.59 Å². The first kappa shape index (κ1) is 20.9. The van der Waals surface area contributed by atoms with E-state index in [0.717, 1.165) is 0 Å². The second-order valence-electron chi connectivity index (χ2n) is 6.84. The molecular formula is C22H19FN6O3. The molecule has 0 saturated heterocycles. The van der Waals surface area contributed by atoms with Crippen molar-refractivity contribution in [2.24, 2.45) is 0 Å². The summed E-state index contributed by atoms with van der Waals surface area (Å²) < 4.78 is 20.6. The predicted molar refractivity (Wildman–Crippen MR) is 115 cm³/mol. The molecule has 10 heteroatoms. The van der Waals surface area contributed by atoms with Gasteiger partial charge in [0.1, 0.15) is 12.4 Å². The molecule has 4 rings (SSSR count). The summed E-state index contributed by atoms with van der Waals surface area (Å²) in [5, 5.41) is 17.8. The number of benzene rings is 2. The summed E-state index contributed by atoms with van der Waals surface area (Å²) >= 11 is 0. The van der Waals surface area contributed by atoms with E-state index in [-0.39, 0.29) is 30.8 Å². The molecule has 32 heavy (non-hydrogen) atoms. The number of hydrogen-bond acceptors (Lipinski definition) is 6. The fourth-order valence-electron chi connectivity index (χ4n) is 2.99. The van der Waals surface area contributed by atoms with Crippen molar-refractivity contribution < 1.29 is 18.7 Å².